The molecule has 0 aliphatic heterocycles. The fourth-order valence-electron chi connectivity index (χ4n) is 3.89. The molecule has 0 radical (unpaired) electrons. The Morgan fingerprint density at radius 3 is 2.61 bits per heavy atom. The van der Waals surface area contributed by atoms with E-state index >= 15 is 0 Å². The SMILES string of the molecule is Cc1cc(NC2CCC(NC(=O)c3cccnc3N)CC2)nc2ccccc12. The smallest absolute Gasteiger partial charge is 0.255 e. The van der Waals surface area contributed by atoms with E-state index in [4.69, 9.17) is 10.7 Å². The van der Waals surface area contributed by atoms with Crippen LogP contribution < -0.4 is 16.4 Å². The number of pyridine rings is 2. The van der Waals surface area contributed by atoms with Crippen molar-refractivity contribution < 1.29 is 4.79 Å². The van der Waals surface area contributed by atoms with Crippen LogP contribution in [0, 0.1) is 6.92 Å². The number of rotatable bonds is 4. The van der Waals surface area contributed by atoms with E-state index in [1.165, 1.54) is 10.9 Å². The number of aryl methyl sites for hydroxylation is 1. The third-order valence-electron chi connectivity index (χ3n) is 5.42. The van der Waals surface area contributed by atoms with Gasteiger partial charge in [0.2, 0.25) is 0 Å². The predicted molar refractivity (Wildman–Crippen MR) is 112 cm³/mol. The van der Waals surface area contributed by atoms with E-state index in [2.05, 4.69) is 34.7 Å². The Hall–Kier alpha value is -3.15. The van der Waals surface area contributed by atoms with E-state index in [-0.39, 0.29) is 17.8 Å². The van der Waals surface area contributed by atoms with Gasteiger partial charge in [0.15, 0.2) is 0 Å². The molecule has 0 unspecified atom stereocenters. The molecule has 4 rings (SSSR count). The number of hydrogen-bond donors (Lipinski definition) is 3. The lowest BCUT2D eigenvalue weighted by Gasteiger charge is -2.30. The van der Waals surface area contributed by atoms with Gasteiger partial charge in [0.05, 0.1) is 11.1 Å². The summed E-state index contributed by atoms with van der Waals surface area (Å²) >= 11 is 0. The van der Waals surface area contributed by atoms with Crippen LogP contribution in [0.4, 0.5) is 11.6 Å². The summed E-state index contributed by atoms with van der Waals surface area (Å²) in [6.45, 7) is 2.12. The molecule has 1 fully saturated rings. The molecule has 1 amide bonds. The second-order valence-electron chi connectivity index (χ2n) is 7.44. The fraction of sp³-hybridized carbons (Fsp3) is 0.318. The summed E-state index contributed by atoms with van der Waals surface area (Å²) in [5, 5.41) is 7.86. The lowest BCUT2D eigenvalue weighted by atomic mass is 9.91. The maximum atomic E-state index is 12.4. The molecule has 144 valence electrons. The number of carbonyl (C=O) groups is 1. The van der Waals surface area contributed by atoms with E-state index in [9.17, 15) is 4.79 Å². The third kappa shape index (κ3) is 3.91. The first-order valence-electron chi connectivity index (χ1n) is 9.74. The summed E-state index contributed by atoms with van der Waals surface area (Å²) < 4.78 is 0. The Kier molecular flexibility index (Phi) is 5.10. The van der Waals surface area contributed by atoms with Gasteiger partial charge in [-0.2, -0.15) is 0 Å². The summed E-state index contributed by atoms with van der Waals surface area (Å²) in [5.74, 6) is 1.05. The van der Waals surface area contributed by atoms with Crippen molar-refractivity contribution in [3.05, 3.63) is 59.8 Å². The molecule has 1 aliphatic carbocycles. The highest BCUT2D eigenvalue weighted by atomic mass is 16.1. The number of fused-ring (bicyclic) bond motifs is 1. The van der Waals surface area contributed by atoms with Gasteiger partial charge in [-0.1, -0.05) is 18.2 Å². The van der Waals surface area contributed by atoms with Gasteiger partial charge in [-0.25, -0.2) is 9.97 Å². The summed E-state index contributed by atoms with van der Waals surface area (Å²) in [6, 6.07) is 14.3. The molecule has 0 spiro atoms. The number of hydrogen-bond acceptors (Lipinski definition) is 5. The normalized spacial score (nSPS) is 19.3. The number of aromatic nitrogens is 2. The summed E-state index contributed by atoms with van der Waals surface area (Å²) in [6.07, 6.45) is 5.42. The number of nitrogens with one attached hydrogen (secondary N) is 2. The van der Waals surface area contributed by atoms with Crippen LogP contribution in [0.25, 0.3) is 10.9 Å². The minimum atomic E-state index is -0.145. The van der Waals surface area contributed by atoms with Crippen molar-refractivity contribution >= 4 is 28.4 Å². The Balaban J connectivity index is 1.34. The first-order chi connectivity index (χ1) is 13.6. The van der Waals surface area contributed by atoms with E-state index in [1.807, 2.05) is 18.2 Å². The van der Waals surface area contributed by atoms with Crippen molar-refractivity contribution in [1.82, 2.24) is 15.3 Å². The number of nitrogen functional groups attached to an aromatic ring is 1. The molecule has 2 aromatic heterocycles. The fourth-order valence-corrected chi connectivity index (χ4v) is 3.89. The minimum Gasteiger partial charge on any atom is -0.383 e. The topological polar surface area (TPSA) is 92.9 Å². The molecule has 6 nitrogen and oxygen atoms in total. The Bertz CT molecular complexity index is 995. The van der Waals surface area contributed by atoms with E-state index in [1.54, 1.807) is 18.3 Å². The van der Waals surface area contributed by atoms with E-state index in [0.717, 1.165) is 37.0 Å². The molecule has 0 atom stereocenters. The zero-order valence-corrected chi connectivity index (χ0v) is 16.0. The van der Waals surface area contributed by atoms with Gasteiger partial charge in [0.1, 0.15) is 11.6 Å². The number of para-hydroxylation sites is 1. The molecule has 1 aromatic carbocycles. The predicted octanol–water partition coefficient (Wildman–Crippen LogP) is 3.67. The number of nitrogens with two attached hydrogens (primary N) is 1. The lowest BCUT2D eigenvalue weighted by Crippen LogP contribution is -2.40. The zero-order valence-electron chi connectivity index (χ0n) is 16.0. The van der Waals surface area contributed by atoms with Crippen molar-refractivity contribution in [3.63, 3.8) is 0 Å². The van der Waals surface area contributed by atoms with Gasteiger partial charge in [-0.15, -0.1) is 0 Å². The maximum absolute atomic E-state index is 12.4. The Morgan fingerprint density at radius 2 is 1.82 bits per heavy atom. The van der Waals surface area contributed by atoms with Gasteiger partial charge in [-0.05, 0) is 62.4 Å². The van der Waals surface area contributed by atoms with Gasteiger partial charge >= 0.3 is 0 Å². The van der Waals surface area contributed by atoms with Crippen LogP contribution >= 0.6 is 0 Å². The molecule has 2 heterocycles. The Labute approximate surface area is 164 Å². The largest absolute Gasteiger partial charge is 0.383 e. The van der Waals surface area contributed by atoms with Crippen LogP contribution in [0.2, 0.25) is 0 Å². The minimum absolute atomic E-state index is 0.145. The molecule has 28 heavy (non-hydrogen) atoms. The summed E-state index contributed by atoms with van der Waals surface area (Å²) in [4.78, 5) is 21.1. The number of nitrogens with zero attached hydrogens (tertiary/aromatic N) is 2. The Morgan fingerprint density at radius 1 is 1.07 bits per heavy atom. The second-order valence-corrected chi connectivity index (χ2v) is 7.44. The molecule has 1 aliphatic rings. The summed E-state index contributed by atoms with van der Waals surface area (Å²) in [7, 11) is 0. The molecular formula is C22H25N5O. The molecular weight excluding hydrogens is 350 g/mol. The first kappa shape index (κ1) is 18.2. The van der Waals surface area contributed by atoms with Crippen LogP contribution in [0.1, 0.15) is 41.6 Å². The molecule has 1 saturated carbocycles. The van der Waals surface area contributed by atoms with Crippen LogP contribution in [-0.2, 0) is 0 Å². The monoisotopic (exact) mass is 375 g/mol. The zero-order chi connectivity index (χ0) is 19.5. The highest BCUT2D eigenvalue weighted by molar-refractivity contribution is 5.98. The lowest BCUT2D eigenvalue weighted by molar-refractivity contribution is 0.0927. The first-order valence-corrected chi connectivity index (χ1v) is 9.74. The van der Waals surface area contributed by atoms with Crippen LogP contribution in [-0.4, -0.2) is 28.0 Å². The van der Waals surface area contributed by atoms with Crippen molar-refractivity contribution in [3.8, 4) is 0 Å². The molecule has 0 bridgehead atoms. The molecule has 0 saturated heterocycles. The van der Waals surface area contributed by atoms with Gasteiger partial charge in [-0.3, -0.25) is 4.79 Å². The van der Waals surface area contributed by atoms with E-state index < -0.39 is 0 Å². The van der Waals surface area contributed by atoms with Crippen LogP contribution in [0.15, 0.2) is 48.7 Å². The van der Waals surface area contributed by atoms with Crippen molar-refractivity contribution in [2.45, 2.75) is 44.7 Å². The van der Waals surface area contributed by atoms with Crippen LogP contribution in [0.5, 0.6) is 0 Å². The third-order valence-corrected chi connectivity index (χ3v) is 5.42. The van der Waals surface area contributed by atoms with Crippen molar-refractivity contribution in [1.29, 1.82) is 0 Å². The maximum Gasteiger partial charge on any atom is 0.255 e. The second kappa shape index (κ2) is 7.84. The van der Waals surface area contributed by atoms with E-state index in [0.29, 0.717) is 11.6 Å². The number of anilines is 2. The molecule has 6 heteroatoms. The molecule has 3 aromatic rings. The van der Waals surface area contributed by atoms with Crippen LogP contribution in [0.3, 0.4) is 0 Å². The van der Waals surface area contributed by atoms with Gasteiger partial charge < -0.3 is 16.4 Å². The standard InChI is InChI=1S/C22H25N5O/c1-14-13-20(27-19-7-3-2-5-17(14)19)25-15-8-10-16(11-9-15)26-22(28)18-6-4-12-24-21(18)23/h2-7,12-13,15-16H,8-11H2,1H3,(H2,23,24)(H,25,27)(H,26,28). The summed E-state index contributed by atoms with van der Waals surface area (Å²) in [5.41, 5.74) is 8.48. The highest BCUT2D eigenvalue weighted by Gasteiger charge is 2.23. The number of carbonyl (C=O) groups excluding carboxylic acids is 1. The highest BCUT2D eigenvalue weighted by Crippen LogP contribution is 2.25. The van der Waals surface area contributed by atoms with Crippen molar-refractivity contribution in [2.75, 3.05) is 11.1 Å². The average molecular weight is 375 g/mol. The number of benzene rings is 1. The van der Waals surface area contributed by atoms with Crippen molar-refractivity contribution in [2.24, 2.45) is 0 Å². The molecule has 4 N–H and O–H groups in total. The quantitative estimate of drug-likeness (QED) is 0.647. The van der Waals surface area contributed by atoms with Gasteiger partial charge in [0, 0.05) is 23.7 Å². The number of amides is 1. The van der Waals surface area contributed by atoms with Gasteiger partial charge in [0.25, 0.3) is 5.91 Å². The average Bonchev–Trinajstić information content (AvgIpc) is 2.70.